The smallest absolute Gasteiger partial charge is 0.460 e. The van der Waals surface area contributed by atoms with E-state index in [1.54, 1.807) is 6.07 Å². The van der Waals surface area contributed by atoms with Crippen LogP contribution in [0.5, 0.6) is 11.5 Å². The number of phenols is 1. The van der Waals surface area contributed by atoms with Gasteiger partial charge in [0.1, 0.15) is 0 Å². The van der Waals surface area contributed by atoms with Crippen molar-refractivity contribution in [2.75, 3.05) is 13.6 Å². The van der Waals surface area contributed by atoms with Crippen LogP contribution in [-0.4, -0.2) is 99.7 Å². The molecular weight excluding hydrogens is 692 g/mol. The minimum atomic E-state index is -6.60. The summed E-state index contributed by atoms with van der Waals surface area (Å²) in [5.41, 5.74) is 2.26. The lowest BCUT2D eigenvalue weighted by atomic mass is 9.52. The van der Waals surface area contributed by atoms with E-state index in [2.05, 4.69) is 11.9 Å². The van der Waals surface area contributed by atoms with Crippen molar-refractivity contribution in [2.45, 2.75) is 79.3 Å². The predicted molar refractivity (Wildman–Crippen MR) is 124 cm³/mol. The van der Waals surface area contributed by atoms with Crippen LogP contribution in [0.25, 0.3) is 0 Å². The molecule has 8 nitrogen and oxygen atoms in total. The van der Waals surface area contributed by atoms with Crippen LogP contribution in [-0.2, 0) is 26.2 Å². The Labute approximate surface area is 252 Å². The summed E-state index contributed by atoms with van der Waals surface area (Å²) < 4.78 is 167. The van der Waals surface area contributed by atoms with Crippen molar-refractivity contribution in [1.82, 2.24) is 4.90 Å². The molecule has 2 bridgehead atoms. The SMILES string of the molecule is CN1CC[C@]23c4c5ccc(O)c4O[C@H]2C(=O)CC[C@H]3[C@H]1C5.O=C(O)C(F)(F)C(F)(F)C(F)(F)F.O=C(O)C(F)(F)C(F)(F)C(F)(F)F. The Balaban J connectivity index is 0.000000204. The number of aliphatic carboxylic acids is 2. The average molecular weight is 713 g/mol. The average Bonchev–Trinajstić information content (AvgIpc) is 3.28. The number of carbonyl (C=O) groups excluding carboxylic acids is 1. The second-order valence-electron chi connectivity index (χ2n) is 11.0. The zero-order valence-corrected chi connectivity index (χ0v) is 23.1. The summed E-state index contributed by atoms with van der Waals surface area (Å²) in [7, 11) is 2.20. The molecule has 0 amide bonds. The molecule has 1 aromatic rings. The topological polar surface area (TPSA) is 124 Å². The zero-order valence-electron chi connectivity index (χ0n) is 23.1. The van der Waals surface area contributed by atoms with Crippen molar-refractivity contribution < 1.29 is 95.9 Å². The minimum absolute atomic E-state index is 0.172. The normalized spacial score (nSPS) is 25.8. The van der Waals surface area contributed by atoms with Crippen molar-refractivity contribution >= 4 is 17.7 Å². The highest BCUT2D eigenvalue weighted by Crippen LogP contribution is 2.63. The summed E-state index contributed by atoms with van der Waals surface area (Å²) in [6.45, 7) is 1.00. The van der Waals surface area contributed by atoms with Crippen LogP contribution in [0.1, 0.15) is 30.4 Å². The van der Waals surface area contributed by atoms with E-state index in [0.717, 1.165) is 31.4 Å². The number of likely N-dealkylation sites (tertiary alicyclic amines) is 1. The van der Waals surface area contributed by atoms with Crippen molar-refractivity contribution in [1.29, 1.82) is 0 Å². The summed E-state index contributed by atoms with van der Waals surface area (Å²) in [4.78, 5) is 33.7. The summed E-state index contributed by atoms with van der Waals surface area (Å²) in [5.74, 6) is -31.0. The molecule has 22 heteroatoms. The van der Waals surface area contributed by atoms with E-state index >= 15 is 0 Å². The van der Waals surface area contributed by atoms with Gasteiger partial charge in [0.15, 0.2) is 23.4 Å². The Morgan fingerprint density at radius 3 is 1.72 bits per heavy atom. The van der Waals surface area contributed by atoms with Crippen LogP contribution in [0, 0.1) is 5.92 Å². The van der Waals surface area contributed by atoms with E-state index in [9.17, 15) is 81.0 Å². The number of hydrogen-bond acceptors (Lipinski definition) is 6. The molecule has 2 heterocycles. The lowest BCUT2D eigenvalue weighted by Gasteiger charge is -2.57. The fraction of sp³-hybridized carbons (Fsp3) is 0.640. The van der Waals surface area contributed by atoms with E-state index in [1.807, 2.05) is 6.07 Å². The molecule has 266 valence electrons. The number of carboxylic acid groups (broad SMARTS) is 2. The summed E-state index contributed by atoms with van der Waals surface area (Å²) in [6, 6.07) is 4.26. The van der Waals surface area contributed by atoms with Gasteiger partial charge in [0.2, 0.25) is 0 Å². The monoisotopic (exact) mass is 713 g/mol. The number of aromatic hydroxyl groups is 1. The molecule has 2 aliphatic heterocycles. The van der Waals surface area contributed by atoms with Gasteiger partial charge >= 0.3 is 48.0 Å². The maximum atomic E-state index is 12.5. The van der Waals surface area contributed by atoms with Crippen molar-refractivity contribution in [2.24, 2.45) is 5.92 Å². The molecule has 0 aromatic heterocycles. The molecular formula is C25H21F14NO7. The molecule has 1 aromatic carbocycles. The molecule has 0 unspecified atom stereocenters. The third-order valence-electron chi connectivity index (χ3n) is 8.42. The van der Waals surface area contributed by atoms with Gasteiger partial charge in [-0.1, -0.05) is 6.07 Å². The van der Waals surface area contributed by atoms with Crippen LogP contribution >= 0.6 is 0 Å². The predicted octanol–water partition coefficient (Wildman–Crippen LogP) is 5.44. The van der Waals surface area contributed by atoms with Crippen molar-refractivity contribution in [3.05, 3.63) is 23.3 Å². The molecule has 2 aliphatic carbocycles. The van der Waals surface area contributed by atoms with Gasteiger partial charge in [0.05, 0.1) is 0 Å². The summed E-state index contributed by atoms with van der Waals surface area (Å²) >= 11 is 0. The first-order chi connectivity index (χ1) is 21.0. The van der Waals surface area contributed by atoms with Gasteiger partial charge in [0.25, 0.3) is 0 Å². The number of likely N-dealkylation sites (N-methyl/N-ethyl adjacent to an activating group) is 1. The van der Waals surface area contributed by atoms with Crippen LogP contribution < -0.4 is 4.74 Å². The van der Waals surface area contributed by atoms with Gasteiger partial charge in [-0.25, -0.2) is 9.59 Å². The van der Waals surface area contributed by atoms with Crippen LogP contribution in [0.4, 0.5) is 61.5 Å². The first-order valence-electron chi connectivity index (χ1n) is 12.9. The van der Waals surface area contributed by atoms with E-state index in [4.69, 9.17) is 14.9 Å². The lowest BCUT2D eigenvalue weighted by Crippen LogP contribution is -2.65. The molecule has 47 heavy (non-hydrogen) atoms. The van der Waals surface area contributed by atoms with Gasteiger partial charge in [-0.05, 0) is 50.4 Å². The first kappa shape index (κ1) is 37.9. The quantitative estimate of drug-likeness (QED) is 0.353. The summed E-state index contributed by atoms with van der Waals surface area (Å²) in [5, 5.41) is 25.0. The number of ether oxygens (including phenoxy) is 1. The molecule has 0 radical (unpaired) electrons. The van der Waals surface area contributed by atoms with E-state index in [-0.39, 0.29) is 23.1 Å². The number of rotatable bonds is 4. The molecule has 4 atom stereocenters. The number of halogens is 14. The van der Waals surface area contributed by atoms with Gasteiger partial charge in [0, 0.05) is 23.4 Å². The number of ketones is 1. The second-order valence-corrected chi connectivity index (χ2v) is 11.0. The number of Topliss-reactive ketones (excluding diaryl/α,β-unsaturated/α-hetero) is 1. The highest BCUT2D eigenvalue weighted by atomic mass is 19.4. The molecule has 2 fully saturated rings. The number of piperidine rings is 1. The number of hydrogen-bond donors (Lipinski definition) is 3. The Kier molecular flexibility index (Phi) is 9.29. The minimum Gasteiger partial charge on any atom is -0.504 e. The number of benzene rings is 1. The number of carbonyl (C=O) groups is 3. The van der Waals surface area contributed by atoms with Crippen LogP contribution in [0.15, 0.2) is 12.1 Å². The number of phenolic OH excluding ortho intramolecular Hbond substituents is 1. The first-order valence-corrected chi connectivity index (χ1v) is 12.9. The molecule has 1 spiro atoms. The highest BCUT2D eigenvalue weighted by molar-refractivity contribution is 5.89. The number of carboxylic acids is 2. The maximum Gasteiger partial charge on any atom is 0.460 e. The van der Waals surface area contributed by atoms with E-state index < -0.39 is 48.0 Å². The van der Waals surface area contributed by atoms with Crippen molar-refractivity contribution in [3.63, 3.8) is 0 Å². The highest BCUT2D eigenvalue weighted by Gasteiger charge is 2.77. The Bertz CT molecular complexity index is 1380. The Morgan fingerprint density at radius 2 is 1.32 bits per heavy atom. The lowest BCUT2D eigenvalue weighted by molar-refractivity contribution is -0.347. The second kappa shape index (κ2) is 11.5. The van der Waals surface area contributed by atoms with Gasteiger partial charge < -0.3 is 25.0 Å². The molecule has 5 rings (SSSR count). The van der Waals surface area contributed by atoms with E-state index in [1.165, 1.54) is 5.56 Å². The third kappa shape index (κ3) is 5.68. The molecule has 1 saturated carbocycles. The standard InChI is InChI=1S/C17H19NO3.2C4HF7O2/c1-18-7-6-17-10-3-5-13(20)16(17)21-15-12(19)4-2-9(14(15)17)8-11(10)18;2*5-2(6,1(12)13)3(7,8)4(9,10)11/h2,4,10-11,16,19H,3,5-8H2,1H3;2*(H,12,13)/t10-,11+,16-,17-;;/m0../s1. The van der Waals surface area contributed by atoms with Crippen LogP contribution in [0.3, 0.4) is 0 Å². The maximum absolute atomic E-state index is 12.5. The zero-order chi connectivity index (χ0) is 36.5. The largest absolute Gasteiger partial charge is 0.504 e. The third-order valence-corrected chi connectivity index (χ3v) is 8.42. The molecule has 1 saturated heterocycles. The fourth-order valence-electron chi connectivity index (χ4n) is 6.15. The molecule has 3 N–H and O–H groups in total. The van der Waals surface area contributed by atoms with Gasteiger partial charge in [-0.2, -0.15) is 61.5 Å². The van der Waals surface area contributed by atoms with Gasteiger partial charge in [-0.15, -0.1) is 0 Å². The van der Waals surface area contributed by atoms with Gasteiger partial charge in [-0.3, -0.25) is 4.79 Å². The Hall–Kier alpha value is -3.59. The van der Waals surface area contributed by atoms with Crippen molar-refractivity contribution in [3.8, 4) is 11.5 Å². The fourth-order valence-corrected chi connectivity index (χ4v) is 6.15. The molecule has 4 aliphatic rings. The Morgan fingerprint density at radius 1 is 0.851 bits per heavy atom. The van der Waals surface area contributed by atoms with Crippen LogP contribution in [0.2, 0.25) is 0 Å². The number of nitrogens with zero attached hydrogens (tertiary/aromatic N) is 1. The number of alkyl halides is 14. The van der Waals surface area contributed by atoms with E-state index in [0.29, 0.717) is 24.1 Å². The summed E-state index contributed by atoms with van der Waals surface area (Å²) in [6.07, 6.45) is -10.0.